The molecule has 2 aliphatic heterocycles. The highest BCUT2D eigenvalue weighted by Crippen LogP contribution is 2.77. The summed E-state index contributed by atoms with van der Waals surface area (Å²) in [5, 5.41) is 85.5. The first-order valence-corrected chi connectivity index (χ1v) is 20.4. The van der Waals surface area contributed by atoms with Crippen LogP contribution in [-0.2, 0) is 23.7 Å². The number of fused-ring (bicyclic) bond motifs is 7. The van der Waals surface area contributed by atoms with Crippen molar-refractivity contribution in [1.29, 1.82) is 0 Å². The third kappa shape index (κ3) is 5.76. The topological polar surface area (TPSA) is 216 Å². The maximum absolute atomic E-state index is 13.1. The highest BCUT2D eigenvalue weighted by molar-refractivity contribution is 5.76. The number of aliphatic carboxylic acids is 1. The van der Waals surface area contributed by atoms with Crippen molar-refractivity contribution in [2.75, 3.05) is 19.8 Å². The average Bonchev–Trinajstić information content (AvgIpc) is 3.54. The zero-order chi connectivity index (χ0) is 39.3. The van der Waals surface area contributed by atoms with Crippen molar-refractivity contribution >= 4 is 5.97 Å². The number of aliphatic hydroxyl groups excluding tert-OH is 7. The fraction of sp³-hybridized carbons (Fsp3) is 0.927. The van der Waals surface area contributed by atoms with Gasteiger partial charge >= 0.3 is 5.97 Å². The average molecular weight is 767 g/mol. The number of ether oxygens (including phenoxy) is 4. The van der Waals surface area contributed by atoms with E-state index in [0.29, 0.717) is 31.6 Å². The molecule has 5 saturated carbocycles. The lowest BCUT2D eigenvalue weighted by molar-refractivity contribution is -0.362. The number of aliphatic hydroxyl groups is 7. The molecule has 8 N–H and O–H groups in total. The Morgan fingerprint density at radius 2 is 1.52 bits per heavy atom. The molecule has 19 atom stereocenters. The molecule has 7 rings (SSSR count). The van der Waals surface area contributed by atoms with Crippen LogP contribution in [0.15, 0.2) is 12.2 Å². The van der Waals surface area contributed by atoms with Gasteiger partial charge in [0.1, 0.15) is 42.7 Å². The number of hydrogen-bond donors (Lipinski definition) is 8. The van der Waals surface area contributed by atoms with Gasteiger partial charge in [0.2, 0.25) is 0 Å². The molecule has 0 spiro atoms. The zero-order valence-electron chi connectivity index (χ0n) is 32.7. The summed E-state index contributed by atoms with van der Waals surface area (Å²) in [4.78, 5) is 13.1. The summed E-state index contributed by atoms with van der Waals surface area (Å²) in [7, 11) is 0. The Morgan fingerprint density at radius 1 is 0.796 bits per heavy atom. The van der Waals surface area contributed by atoms with E-state index in [1.54, 1.807) is 0 Å². The van der Waals surface area contributed by atoms with Crippen LogP contribution in [0.5, 0.6) is 0 Å². The highest BCUT2D eigenvalue weighted by atomic mass is 16.7. The van der Waals surface area contributed by atoms with Crippen molar-refractivity contribution in [3.8, 4) is 0 Å². The van der Waals surface area contributed by atoms with Crippen LogP contribution in [0.3, 0.4) is 0 Å². The lowest BCUT2D eigenvalue weighted by atomic mass is 9.32. The molecular weight excluding hydrogens is 700 g/mol. The highest BCUT2D eigenvalue weighted by Gasteiger charge is 2.73. The van der Waals surface area contributed by atoms with Crippen LogP contribution in [0.1, 0.15) is 98.8 Å². The van der Waals surface area contributed by atoms with Crippen LogP contribution < -0.4 is 0 Å². The molecule has 0 aromatic carbocycles. The van der Waals surface area contributed by atoms with E-state index in [0.717, 1.165) is 44.1 Å². The third-order valence-electron chi connectivity index (χ3n) is 17.2. The normalized spacial score (nSPS) is 54.1. The monoisotopic (exact) mass is 766 g/mol. The first-order valence-electron chi connectivity index (χ1n) is 20.4. The Hall–Kier alpha value is -1.23. The molecule has 2 heterocycles. The van der Waals surface area contributed by atoms with E-state index >= 15 is 0 Å². The summed E-state index contributed by atoms with van der Waals surface area (Å²) < 4.78 is 23.8. The number of allylic oxidation sites excluding steroid dienone is 1. The summed E-state index contributed by atoms with van der Waals surface area (Å²) in [6.07, 6.45) is -5.30. The fourth-order valence-corrected chi connectivity index (χ4v) is 14.4. The van der Waals surface area contributed by atoms with Gasteiger partial charge in [-0.3, -0.25) is 4.79 Å². The van der Waals surface area contributed by atoms with Gasteiger partial charge < -0.3 is 59.8 Å². The molecule has 7 fully saturated rings. The summed E-state index contributed by atoms with van der Waals surface area (Å²) in [6.45, 7) is 14.7. The maximum Gasteiger partial charge on any atom is 0.309 e. The van der Waals surface area contributed by atoms with Crippen LogP contribution in [0.2, 0.25) is 0 Å². The van der Waals surface area contributed by atoms with Gasteiger partial charge in [0.25, 0.3) is 0 Å². The largest absolute Gasteiger partial charge is 0.481 e. The lowest BCUT2D eigenvalue weighted by Crippen LogP contribution is -2.69. The minimum atomic E-state index is -1.64. The number of carboxylic acids is 1. The molecule has 13 heteroatoms. The summed E-state index contributed by atoms with van der Waals surface area (Å²) in [6, 6.07) is 0. The van der Waals surface area contributed by atoms with E-state index in [1.807, 2.05) is 6.92 Å². The minimum absolute atomic E-state index is 0.0297. The second-order valence-electron chi connectivity index (χ2n) is 19.6. The third-order valence-corrected chi connectivity index (χ3v) is 17.2. The van der Waals surface area contributed by atoms with Gasteiger partial charge in [0.05, 0.1) is 24.7 Å². The Bertz CT molecular complexity index is 1420. The molecule has 13 nitrogen and oxygen atoms in total. The van der Waals surface area contributed by atoms with E-state index in [2.05, 4.69) is 34.3 Å². The van der Waals surface area contributed by atoms with Gasteiger partial charge in [-0.15, -0.1) is 0 Å². The van der Waals surface area contributed by atoms with Crippen LogP contribution in [0.25, 0.3) is 0 Å². The Balaban J connectivity index is 1.12. The lowest BCUT2D eigenvalue weighted by Gasteiger charge is -2.73. The standard InChI is InChI=1S/C41H66O13/c1-20(2)21-9-14-40(36(49)50)15-16-41(19-43)22(28(21)40)7-8-26-38(5)12-11-27(37(3,4)25(38)10-13-39(26,41)6)53-35-32(48)33(30(46)24(17-42)52-35)54-34-31(47)29(45)23(44)18-51-34/h21-35,42-48H,1,7-19H2,2-6H3,(H,49,50). The zero-order valence-corrected chi connectivity index (χ0v) is 32.7. The Labute approximate surface area is 319 Å². The van der Waals surface area contributed by atoms with E-state index in [9.17, 15) is 45.6 Å². The molecule has 0 aromatic rings. The van der Waals surface area contributed by atoms with E-state index in [1.165, 1.54) is 0 Å². The van der Waals surface area contributed by atoms with E-state index in [4.69, 9.17) is 18.9 Å². The molecule has 0 radical (unpaired) electrons. The van der Waals surface area contributed by atoms with Crippen molar-refractivity contribution < 1.29 is 64.6 Å². The molecule has 2 saturated heterocycles. The van der Waals surface area contributed by atoms with Crippen molar-refractivity contribution in [2.24, 2.45) is 56.7 Å². The van der Waals surface area contributed by atoms with Gasteiger partial charge in [-0.05, 0) is 117 Å². The van der Waals surface area contributed by atoms with Crippen molar-refractivity contribution in [3.63, 3.8) is 0 Å². The predicted octanol–water partition coefficient (Wildman–Crippen LogP) is 2.35. The second kappa shape index (κ2) is 14.2. The van der Waals surface area contributed by atoms with Gasteiger partial charge in [0, 0.05) is 12.0 Å². The minimum Gasteiger partial charge on any atom is -0.481 e. The molecule has 5 aliphatic carbocycles. The molecule has 0 bridgehead atoms. The van der Waals surface area contributed by atoms with Crippen LogP contribution >= 0.6 is 0 Å². The Kier molecular flexibility index (Phi) is 10.8. The van der Waals surface area contributed by atoms with Crippen molar-refractivity contribution in [2.45, 2.75) is 160 Å². The molecular formula is C41H66O13. The first kappa shape index (κ1) is 40.9. The molecule has 308 valence electrons. The fourth-order valence-electron chi connectivity index (χ4n) is 14.4. The first-order chi connectivity index (χ1) is 25.3. The van der Waals surface area contributed by atoms with E-state index < -0.39 is 78.7 Å². The van der Waals surface area contributed by atoms with E-state index in [-0.39, 0.29) is 59.2 Å². The summed E-state index contributed by atoms with van der Waals surface area (Å²) >= 11 is 0. The Morgan fingerprint density at radius 3 is 2.17 bits per heavy atom. The smallest absolute Gasteiger partial charge is 0.309 e. The number of hydrogen-bond acceptors (Lipinski definition) is 12. The molecule has 54 heavy (non-hydrogen) atoms. The van der Waals surface area contributed by atoms with Crippen LogP contribution in [-0.4, -0.2) is 128 Å². The molecule has 0 aromatic heterocycles. The summed E-state index contributed by atoms with van der Waals surface area (Å²) in [5.41, 5.74) is -0.783. The van der Waals surface area contributed by atoms with Gasteiger partial charge in [-0.1, -0.05) is 39.8 Å². The maximum atomic E-state index is 13.1. The van der Waals surface area contributed by atoms with Crippen molar-refractivity contribution in [3.05, 3.63) is 12.2 Å². The van der Waals surface area contributed by atoms with Crippen LogP contribution in [0, 0.1) is 56.7 Å². The molecule has 19 unspecified atom stereocenters. The number of carbonyl (C=O) groups is 1. The second-order valence-corrected chi connectivity index (χ2v) is 19.6. The molecule has 7 aliphatic rings. The molecule has 0 amide bonds. The van der Waals surface area contributed by atoms with Gasteiger partial charge in [-0.2, -0.15) is 0 Å². The number of rotatable bonds is 8. The van der Waals surface area contributed by atoms with Gasteiger partial charge in [0.15, 0.2) is 12.6 Å². The van der Waals surface area contributed by atoms with Crippen LogP contribution in [0.4, 0.5) is 0 Å². The predicted molar refractivity (Wildman–Crippen MR) is 193 cm³/mol. The quantitative estimate of drug-likeness (QED) is 0.132. The van der Waals surface area contributed by atoms with Gasteiger partial charge in [-0.25, -0.2) is 0 Å². The summed E-state index contributed by atoms with van der Waals surface area (Å²) in [5.74, 6) is 0.0511. The number of carboxylic acid groups (broad SMARTS) is 1. The SMILES string of the molecule is C=C(C)C1CCC2(C(=O)O)CCC3(CO)C(CCC4C5(C)CCC(OC6OC(CO)C(O)C(OC7OCC(O)C(O)C7O)C6O)C(C)(C)C5CCC43C)C12. The van der Waals surface area contributed by atoms with Crippen molar-refractivity contribution in [1.82, 2.24) is 0 Å².